The Morgan fingerprint density at radius 3 is 2.77 bits per heavy atom. The molecule has 1 atom stereocenters. The Kier molecular flexibility index (Phi) is 5.70. The van der Waals surface area contributed by atoms with Gasteiger partial charge >= 0.3 is 0 Å². The van der Waals surface area contributed by atoms with E-state index in [0.29, 0.717) is 28.7 Å². The fourth-order valence-corrected chi connectivity index (χ4v) is 3.12. The number of carbonyl (C=O) groups excluding carboxylic acids is 1. The normalized spacial score (nSPS) is 12.0. The van der Waals surface area contributed by atoms with E-state index in [0.717, 1.165) is 4.88 Å². The molecule has 0 radical (unpaired) electrons. The first-order valence-corrected chi connectivity index (χ1v) is 9.03. The van der Waals surface area contributed by atoms with E-state index >= 15 is 0 Å². The number of nitrogens with one attached hydrogen (secondary N) is 1. The SMILES string of the molecule is COc1ccc(C(O)CNC(=O)Cc2nc(-c3cccs3)oc2C)cc1. The van der Waals surface area contributed by atoms with Crippen LogP contribution in [-0.2, 0) is 11.2 Å². The lowest BCUT2D eigenvalue weighted by Gasteiger charge is -2.12. The summed E-state index contributed by atoms with van der Waals surface area (Å²) in [6.45, 7) is 1.92. The number of rotatable bonds is 7. The van der Waals surface area contributed by atoms with Crippen molar-refractivity contribution in [2.24, 2.45) is 0 Å². The number of oxazole rings is 1. The van der Waals surface area contributed by atoms with Gasteiger partial charge in [-0.2, -0.15) is 0 Å². The monoisotopic (exact) mass is 372 g/mol. The minimum absolute atomic E-state index is 0.107. The van der Waals surface area contributed by atoms with Crippen LogP contribution in [-0.4, -0.2) is 29.7 Å². The zero-order valence-electron chi connectivity index (χ0n) is 14.6. The van der Waals surface area contributed by atoms with Crippen LogP contribution in [0.5, 0.6) is 5.75 Å². The molecule has 3 rings (SSSR count). The predicted molar refractivity (Wildman–Crippen MR) is 99.2 cm³/mol. The fraction of sp³-hybridized carbons (Fsp3) is 0.263. The molecule has 26 heavy (non-hydrogen) atoms. The van der Waals surface area contributed by atoms with Crippen LogP contribution in [0.1, 0.15) is 23.1 Å². The van der Waals surface area contributed by atoms with Gasteiger partial charge in [0.1, 0.15) is 11.5 Å². The largest absolute Gasteiger partial charge is 0.497 e. The van der Waals surface area contributed by atoms with Gasteiger partial charge in [0, 0.05) is 6.54 Å². The summed E-state index contributed by atoms with van der Waals surface area (Å²) in [6.07, 6.45) is -0.680. The van der Waals surface area contributed by atoms with Crippen molar-refractivity contribution in [3.63, 3.8) is 0 Å². The number of methoxy groups -OCH3 is 1. The lowest BCUT2D eigenvalue weighted by Crippen LogP contribution is -2.29. The number of carbonyl (C=O) groups is 1. The summed E-state index contributed by atoms with van der Waals surface area (Å²) in [5.41, 5.74) is 1.31. The van der Waals surface area contributed by atoms with Gasteiger partial charge in [-0.3, -0.25) is 4.79 Å². The molecule has 0 saturated carbocycles. The molecular weight excluding hydrogens is 352 g/mol. The van der Waals surface area contributed by atoms with Crippen LogP contribution in [0.4, 0.5) is 0 Å². The number of nitrogens with zero attached hydrogens (tertiary/aromatic N) is 1. The molecule has 1 unspecified atom stereocenters. The van der Waals surface area contributed by atoms with Gasteiger partial charge in [-0.05, 0) is 36.1 Å². The minimum atomic E-state index is -0.787. The molecule has 3 aromatic rings. The van der Waals surface area contributed by atoms with Gasteiger partial charge < -0.3 is 19.6 Å². The average molecular weight is 372 g/mol. The van der Waals surface area contributed by atoms with E-state index in [1.165, 1.54) is 11.3 Å². The van der Waals surface area contributed by atoms with Gasteiger partial charge in [0.15, 0.2) is 0 Å². The van der Waals surface area contributed by atoms with E-state index in [1.54, 1.807) is 38.3 Å². The van der Waals surface area contributed by atoms with Crippen LogP contribution in [0.15, 0.2) is 46.2 Å². The second kappa shape index (κ2) is 8.16. The maximum Gasteiger partial charge on any atom is 0.236 e. The molecule has 0 fully saturated rings. The van der Waals surface area contributed by atoms with Gasteiger partial charge in [0.05, 0.1) is 30.2 Å². The summed E-state index contributed by atoms with van der Waals surface area (Å²) < 4.78 is 10.7. The molecule has 0 aliphatic rings. The number of benzene rings is 1. The van der Waals surface area contributed by atoms with Gasteiger partial charge in [-0.25, -0.2) is 4.98 Å². The third kappa shape index (κ3) is 4.30. The molecule has 0 spiro atoms. The van der Waals surface area contributed by atoms with Gasteiger partial charge in [-0.1, -0.05) is 18.2 Å². The van der Waals surface area contributed by atoms with Crippen LogP contribution in [0.25, 0.3) is 10.8 Å². The van der Waals surface area contributed by atoms with Crippen molar-refractivity contribution in [3.05, 3.63) is 58.8 Å². The molecule has 6 nitrogen and oxygen atoms in total. The van der Waals surface area contributed by atoms with E-state index in [2.05, 4.69) is 10.3 Å². The summed E-state index contributed by atoms with van der Waals surface area (Å²) in [6, 6.07) is 10.9. The third-order valence-electron chi connectivity index (χ3n) is 3.95. The number of aliphatic hydroxyl groups is 1. The molecule has 0 saturated heterocycles. The van der Waals surface area contributed by atoms with Crippen LogP contribution >= 0.6 is 11.3 Å². The number of aliphatic hydroxyl groups excluding tert-OH is 1. The van der Waals surface area contributed by atoms with Crippen molar-refractivity contribution in [1.29, 1.82) is 0 Å². The quantitative estimate of drug-likeness (QED) is 0.666. The van der Waals surface area contributed by atoms with Crippen molar-refractivity contribution in [2.75, 3.05) is 13.7 Å². The highest BCUT2D eigenvalue weighted by Crippen LogP contribution is 2.26. The number of hydrogen-bond acceptors (Lipinski definition) is 6. The maximum atomic E-state index is 12.2. The molecule has 2 aromatic heterocycles. The molecule has 2 heterocycles. The summed E-state index contributed by atoms with van der Waals surface area (Å²) in [5.74, 6) is 1.65. The highest BCUT2D eigenvalue weighted by molar-refractivity contribution is 7.13. The van der Waals surface area contributed by atoms with Crippen molar-refractivity contribution in [3.8, 4) is 16.5 Å². The summed E-state index contributed by atoms with van der Waals surface area (Å²) in [7, 11) is 1.58. The van der Waals surface area contributed by atoms with Crippen molar-refractivity contribution in [2.45, 2.75) is 19.4 Å². The molecule has 2 N–H and O–H groups in total. The van der Waals surface area contributed by atoms with Crippen LogP contribution in [0.3, 0.4) is 0 Å². The van der Waals surface area contributed by atoms with Crippen molar-refractivity contribution < 1.29 is 19.1 Å². The topological polar surface area (TPSA) is 84.6 Å². The van der Waals surface area contributed by atoms with E-state index in [9.17, 15) is 9.90 Å². The van der Waals surface area contributed by atoms with E-state index in [-0.39, 0.29) is 18.9 Å². The highest BCUT2D eigenvalue weighted by atomic mass is 32.1. The van der Waals surface area contributed by atoms with Crippen LogP contribution < -0.4 is 10.1 Å². The number of aryl methyl sites for hydroxylation is 1. The molecule has 0 aliphatic heterocycles. The van der Waals surface area contributed by atoms with Crippen LogP contribution in [0, 0.1) is 6.92 Å². The summed E-state index contributed by atoms with van der Waals surface area (Å²) in [5, 5.41) is 14.9. The molecule has 136 valence electrons. The van der Waals surface area contributed by atoms with Crippen molar-refractivity contribution in [1.82, 2.24) is 10.3 Å². The summed E-state index contributed by atoms with van der Waals surface area (Å²) >= 11 is 1.53. The molecule has 1 amide bonds. The highest BCUT2D eigenvalue weighted by Gasteiger charge is 2.16. The zero-order valence-corrected chi connectivity index (χ0v) is 15.4. The first-order valence-electron chi connectivity index (χ1n) is 8.15. The van der Waals surface area contributed by atoms with E-state index < -0.39 is 6.10 Å². The van der Waals surface area contributed by atoms with E-state index in [4.69, 9.17) is 9.15 Å². The lowest BCUT2D eigenvalue weighted by molar-refractivity contribution is -0.121. The van der Waals surface area contributed by atoms with E-state index in [1.807, 2.05) is 17.5 Å². The Morgan fingerprint density at radius 1 is 1.35 bits per heavy atom. The standard InChI is InChI=1S/C19H20N2O4S/c1-12-15(21-19(25-12)17-4-3-9-26-17)10-18(23)20-11-16(22)13-5-7-14(24-2)8-6-13/h3-9,16,22H,10-11H2,1-2H3,(H,20,23). The van der Waals surface area contributed by atoms with Gasteiger partial charge in [-0.15, -0.1) is 11.3 Å². The summed E-state index contributed by atoms with van der Waals surface area (Å²) in [4.78, 5) is 17.5. The molecule has 1 aromatic carbocycles. The molecular formula is C19H20N2O4S. The molecule has 0 aliphatic carbocycles. The Balaban J connectivity index is 1.55. The molecule has 0 bridgehead atoms. The predicted octanol–water partition coefficient (Wildman–Crippen LogP) is 3.11. The maximum absolute atomic E-state index is 12.2. The number of aromatic nitrogens is 1. The third-order valence-corrected chi connectivity index (χ3v) is 4.80. The smallest absolute Gasteiger partial charge is 0.236 e. The van der Waals surface area contributed by atoms with Crippen molar-refractivity contribution >= 4 is 17.2 Å². The van der Waals surface area contributed by atoms with Crippen LogP contribution in [0.2, 0.25) is 0 Å². The Morgan fingerprint density at radius 2 is 2.12 bits per heavy atom. The lowest BCUT2D eigenvalue weighted by atomic mass is 10.1. The number of amides is 1. The van der Waals surface area contributed by atoms with Gasteiger partial charge in [0.25, 0.3) is 0 Å². The van der Waals surface area contributed by atoms with Gasteiger partial charge in [0.2, 0.25) is 11.8 Å². The second-order valence-electron chi connectivity index (χ2n) is 5.77. The Hall–Kier alpha value is -2.64. The first-order chi connectivity index (χ1) is 12.6. The Bertz CT molecular complexity index is 856. The number of ether oxygens (including phenoxy) is 1. The minimum Gasteiger partial charge on any atom is -0.497 e. The fourth-order valence-electron chi connectivity index (χ4n) is 2.47. The first kappa shape index (κ1) is 18.2. The zero-order chi connectivity index (χ0) is 18.5. The molecule has 7 heteroatoms. The number of hydrogen-bond donors (Lipinski definition) is 2. The average Bonchev–Trinajstić information content (AvgIpc) is 3.30. The Labute approximate surface area is 155 Å². The second-order valence-corrected chi connectivity index (χ2v) is 6.72. The number of thiophene rings is 1.